The molecular weight excluding hydrogens is 190 g/mol. The van der Waals surface area contributed by atoms with Crippen LogP contribution in [0.3, 0.4) is 0 Å². The summed E-state index contributed by atoms with van der Waals surface area (Å²) < 4.78 is 0. The van der Waals surface area contributed by atoms with Crippen LogP contribution >= 0.6 is 0 Å². The van der Waals surface area contributed by atoms with Gasteiger partial charge in [-0.25, -0.2) is 0 Å². The second kappa shape index (κ2) is 4.35. The van der Waals surface area contributed by atoms with Crippen LogP contribution in [0.5, 0.6) is 0 Å². The zero-order chi connectivity index (χ0) is 11.4. The lowest BCUT2D eigenvalue weighted by molar-refractivity contribution is -0.114. The van der Waals surface area contributed by atoms with Crippen molar-refractivity contribution in [3.63, 3.8) is 0 Å². The Hall–Kier alpha value is -2.19. The number of hydrogen-bond acceptors (Lipinski definition) is 2. The number of rotatable bonds is 3. The van der Waals surface area contributed by atoms with Crippen LogP contribution in [-0.4, -0.2) is 10.9 Å². The van der Waals surface area contributed by atoms with Gasteiger partial charge in [-0.15, -0.1) is 5.73 Å². The van der Waals surface area contributed by atoms with Gasteiger partial charge in [0, 0.05) is 17.5 Å². The number of primary amides is 1. The van der Waals surface area contributed by atoms with Crippen molar-refractivity contribution in [2.24, 2.45) is 11.5 Å². The van der Waals surface area contributed by atoms with Gasteiger partial charge in [-0.3, -0.25) is 4.79 Å². The average molecular weight is 203 g/mol. The van der Waals surface area contributed by atoms with Gasteiger partial charge >= 0.3 is 0 Å². The van der Waals surface area contributed by atoms with Crippen molar-refractivity contribution in [3.8, 4) is 0 Å². The van der Waals surface area contributed by atoms with Gasteiger partial charge in [0.2, 0.25) is 0 Å². The average Bonchev–Trinajstić information content (AvgIpc) is 2.59. The van der Waals surface area contributed by atoms with Crippen LogP contribution < -0.4 is 11.5 Å². The Morgan fingerprint density at radius 3 is 2.67 bits per heavy atom. The van der Waals surface area contributed by atoms with Crippen molar-refractivity contribution in [2.45, 2.75) is 6.92 Å². The van der Waals surface area contributed by atoms with E-state index < -0.39 is 5.91 Å². The Labute approximate surface area is 88.0 Å². The monoisotopic (exact) mass is 203 g/mol. The highest BCUT2D eigenvalue weighted by atomic mass is 16.1. The predicted molar refractivity (Wildman–Crippen MR) is 59.5 cm³/mol. The molecule has 0 aromatic carbocycles. The molecule has 0 aliphatic carbocycles. The zero-order valence-electron chi connectivity index (χ0n) is 8.50. The van der Waals surface area contributed by atoms with Gasteiger partial charge in [-0.05, 0) is 19.1 Å². The lowest BCUT2D eigenvalue weighted by Crippen LogP contribution is -2.17. The summed E-state index contributed by atoms with van der Waals surface area (Å²) in [6, 6.07) is 1.78. The summed E-state index contributed by atoms with van der Waals surface area (Å²) in [6.07, 6.45) is 3.12. The third-order valence-electron chi connectivity index (χ3n) is 2.05. The van der Waals surface area contributed by atoms with Crippen molar-refractivity contribution < 1.29 is 4.79 Å². The molecule has 1 rings (SSSR count). The fraction of sp³-hybridized carbons (Fsp3) is 0.0909. The summed E-state index contributed by atoms with van der Waals surface area (Å²) in [7, 11) is 0. The Bertz CT molecular complexity index is 458. The molecule has 0 unspecified atom stereocenters. The number of aromatic amines is 1. The molecule has 0 saturated carbocycles. The third-order valence-corrected chi connectivity index (χ3v) is 2.05. The highest BCUT2D eigenvalue weighted by Gasteiger charge is 2.11. The van der Waals surface area contributed by atoms with E-state index in [0.29, 0.717) is 5.70 Å². The van der Waals surface area contributed by atoms with Crippen molar-refractivity contribution in [3.05, 3.63) is 47.5 Å². The molecule has 0 fully saturated rings. The Balaban J connectivity index is 3.34. The van der Waals surface area contributed by atoms with Gasteiger partial charge in [0.25, 0.3) is 5.91 Å². The number of amides is 1. The van der Waals surface area contributed by atoms with Crippen LogP contribution in [0.4, 0.5) is 0 Å². The van der Waals surface area contributed by atoms with Crippen molar-refractivity contribution >= 4 is 11.6 Å². The number of aryl methyl sites for hydroxylation is 1. The summed E-state index contributed by atoms with van der Waals surface area (Å²) in [6.45, 7) is 5.24. The predicted octanol–water partition coefficient (Wildman–Crippen LogP) is 0.819. The van der Waals surface area contributed by atoms with E-state index in [-0.39, 0.29) is 5.57 Å². The minimum absolute atomic E-state index is 0.215. The smallest absolute Gasteiger partial charge is 0.251 e. The molecule has 0 atom stereocenters. The SMILES string of the molecule is C=C=C/C(C(N)=O)=C(/N)c1cc[nH]c1C. The topological polar surface area (TPSA) is 84.9 Å². The number of carbonyl (C=O) groups excluding carboxylic acids is 1. The summed E-state index contributed by atoms with van der Waals surface area (Å²) in [4.78, 5) is 14.1. The van der Waals surface area contributed by atoms with E-state index in [1.807, 2.05) is 6.92 Å². The molecule has 1 aromatic heterocycles. The highest BCUT2D eigenvalue weighted by molar-refractivity contribution is 6.02. The summed E-state index contributed by atoms with van der Waals surface area (Å²) in [5.74, 6) is -0.593. The standard InChI is InChI=1S/C11H13N3O/c1-3-4-9(11(13)15)10(12)8-5-6-14-7(8)2/h4-6,14H,1,12H2,2H3,(H2,13,15)/b10-9-. The summed E-state index contributed by atoms with van der Waals surface area (Å²) in [5.41, 5.74) is 15.7. The highest BCUT2D eigenvalue weighted by Crippen LogP contribution is 2.17. The quantitative estimate of drug-likeness (QED) is 0.386. The van der Waals surface area contributed by atoms with Crippen LogP contribution in [0.1, 0.15) is 11.3 Å². The molecule has 1 amide bonds. The minimum Gasteiger partial charge on any atom is -0.398 e. The maximum absolute atomic E-state index is 11.1. The van der Waals surface area contributed by atoms with Crippen molar-refractivity contribution in [1.29, 1.82) is 0 Å². The van der Waals surface area contributed by atoms with Gasteiger partial charge in [0.05, 0.1) is 11.3 Å². The number of hydrogen-bond donors (Lipinski definition) is 3. The number of aromatic nitrogens is 1. The van der Waals surface area contributed by atoms with Gasteiger partial charge in [0.15, 0.2) is 0 Å². The van der Waals surface area contributed by atoms with E-state index in [0.717, 1.165) is 11.3 Å². The summed E-state index contributed by atoms with van der Waals surface area (Å²) >= 11 is 0. The molecule has 0 radical (unpaired) electrons. The Morgan fingerprint density at radius 1 is 1.60 bits per heavy atom. The van der Waals surface area contributed by atoms with Crippen molar-refractivity contribution in [2.75, 3.05) is 0 Å². The van der Waals surface area contributed by atoms with E-state index in [1.54, 1.807) is 12.3 Å². The molecule has 1 heterocycles. The molecular formula is C11H13N3O. The van der Waals surface area contributed by atoms with Crippen molar-refractivity contribution in [1.82, 2.24) is 4.98 Å². The molecule has 4 heteroatoms. The van der Waals surface area contributed by atoms with Gasteiger partial charge in [0.1, 0.15) is 0 Å². The third kappa shape index (κ3) is 2.18. The second-order valence-corrected chi connectivity index (χ2v) is 3.06. The van der Waals surface area contributed by atoms with Crippen LogP contribution in [-0.2, 0) is 4.79 Å². The molecule has 0 spiro atoms. The van der Waals surface area contributed by atoms with E-state index >= 15 is 0 Å². The molecule has 1 aromatic rings. The van der Waals surface area contributed by atoms with Crippen LogP contribution in [0, 0.1) is 6.92 Å². The molecule has 78 valence electrons. The minimum atomic E-state index is -0.593. The van der Waals surface area contributed by atoms with Gasteiger partial charge in [-0.1, -0.05) is 6.58 Å². The first kappa shape index (κ1) is 10.9. The molecule has 0 aliphatic rings. The van der Waals surface area contributed by atoms with Gasteiger partial charge < -0.3 is 16.5 Å². The lowest BCUT2D eigenvalue weighted by atomic mass is 10.1. The van der Waals surface area contributed by atoms with E-state index in [1.165, 1.54) is 6.08 Å². The first-order valence-electron chi connectivity index (χ1n) is 4.37. The van der Waals surface area contributed by atoms with Crippen LogP contribution in [0.2, 0.25) is 0 Å². The molecule has 0 saturated heterocycles. The number of H-pyrrole nitrogens is 1. The summed E-state index contributed by atoms with van der Waals surface area (Å²) in [5, 5.41) is 0. The number of nitrogens with one attached hydrogen (secondary N) is 1. The van der Waals surface area contributed by atoms with E-state index in [9.17, 15) is 4.79 Å². The zero-order valence-corrected chi connectivity index (χ0v) is 8.50. The maximum atomic E-state index is 11.1. The fourth-order valence-electron chi connectivity index (χ4n) is 1.27. The molecule has 0 aliphatic heterocycles. The van der Waals surface area contributed by atoms with Crippen LogP contribution in [0.15, 0.2) is 36.2 Å². The lowest BCUT2D eigenvalue weighted by Gasteiger charge is -2.04. The van der Waals surface area contributed by atoms with Crippen LogP contribution in [0.25, 0.3) is 5.70 Å². The van der Waals surface area contributed by atoms with E-state index in [4.69, 9.17) is 11.5 Å². The molecule has 15 heavy (non-hydrogen) atoms. The first-order valence-corrected chi connectivity index (χ1v) is 4.37. The normalized spacial score (nSPS) is 11.5. The second-order valence-electron chi connectivity index (χ2n) is 3.06. The molecule has 0 bridgehead atoms. The fourth-order valence-corrected chi connectivity index (χ4v) is 1.27. The number of nitrogens with two attached hydrogens (primary N) is 2. The number of carbonyl (C=O) groups is 1. The Kier molecular flexibility index (Phi) is 3.16. The molecule has 5 N–H and O–H groups in total. The first-order chi connectivity index (χ1) is 7.07. The van der Waals surface area contributed by atoms with Gasteiger partial charge in [-0.2, -0.15) is 0 Å². The Morgan fingerprint density at radius 2 is 2.27 bits per heavy atom. The van der Waals surface area contributed by atoms with E-state index in [2.05, 4.69) is 17.3 Å². The maximum Gasteiger partial charge on any atom is 0.251 e. The molecule has 4 nitrogen and oxygen atoms in total. The largest absolute Gasteiger partial charge is 0.398 e.